The minimum Gasteiger partial charge on any atom is -0.459 e. The highest BCUT2D eigenvalue weighted by molar-refractivity contribution is 14.1. The summed E-state index contributed by atoms with van der Waals surface area (Å²) in [6, 6.07) is 17.6. The average Bonchev–Trinajstić information content (AvgIpc) is 3.04. The van der Waals surface area contributed by atoms with Crippen LogP contribution in [0.15, 0.2) is 66.6 Å². The molecular weight excluding hydrogens is 529 g/mol. The molecule has 31 heavy (non-hydrogen) atoms. The standard InChI is InChI=1S/C22H28IN3O4S/c1-16-15-26(22(30-16)25-31(2,28)29)20(12-17-7-4-3-5-8-17)21(27)14-24-13-18-9-6-10-19(23)11-18/h3-11,15,20-22,24-25,27H,12-14H2,1-2H3/t20-,21+,22?/m0/s1. The maximum Gasteiger partial charge on any atom is 0.242 e. The molecule has 2 aromatic carbocycles. The first-order valence-electron chi connectivity index (χ1n) is 9.98. The van der Waals surface area contributed by atoms with E-state index in [4.69, 9.17) is 4.74 Å². The molecule has 1 aliphatic heterocycles. The molecule has 0 saturated heterocycles. The molecule has 3 N–H and O–H groups in total. The number of sulfonamides is 1. The summed E-state index contributed by atoms with van der Waals surface area (Å²) in [5.41, 5.74) is 2.18. The number of rotatable bonds is 10. The zero-order chi connectivity index (χ0) is 22.4. The Balaban J connectivity index is 1.74. The van der Waals surface area contributed by atoms with Gasteiger partial charge >= 0.3 is 0 Å². The first-order chi connectivity index (χ1) is 14.7. The second-order valence-corrected chi connectivity index (χ2v) is 10.7. The van der Waals surface area contributed by atoms with Gasteiger partial charge in [0.05, 0.1) is 18.4 Å². The zero-order valence-electron chi connectivity index (χ0n) is 17.5. The minimum absolute atomic E-state index is 0.345. The van der Waals surface area contributed by atoms with E-state index in [0.29, 0.717) is 25.3 Å². The zero-order valence-corrected chi connectivity index (χ0v) is 20.5. The monoisotopic (exact) mass is 557 g/mol. The Labute approximate surface area is 197 Å². The van der Waals surface area contributed by atoms with Crippen molar-refractivity contribution in [3.63, 3.8) is 0 Å². The van der Waals surface area contributed by atoms with Gasteiger partial charge in [-0.2, -0.15) is 4.72 Å². The molecule has 2 aromatic rings. The Morgan fingerprint density at radius 2 is 1.87 bits per heavy atom. The van der Waals surface area contributed by atoms with Crippen LogP contribution in [0.4, 0.5) is 0 Å². The van der Waals surface area contributed by atoms with Gasteiger partial charge in [0.1, 0.15) is 5.76 Å². The van der Waals surface area contributed by atoms with Crippen LogP contribution in [0.25, 0.3) is 0 Å². The number of ether oxygens (including phenoxy) is 1. The van der Waals surface area contributed by atoms with Gasteiger partial charge in [-0.25, -0.2) is 8.42 Å². The van der Waals surface area contributed by atoms with E-state index in [1.54, 1.807) is 18.0 Å². The summed E-state index contributed by atoms with van der Waals surface area (Å²) in [5.74, 6) is 0.582. The Kier molecular flexibility index (Phi) is 8.34. The van der Waals surface area contributed by atoms with Crippen LogP contribution in [0.3, 0.4) is 0 Å². The van der Waals surface area contributed by atoms with Crippen LogP contribution < -0.4 is 10.0 Å². The van der Waals surface area contributed by atoms with E-state index in [-0.39, 0.29) is 0 Å². The molecule has 0 bridgehead atoms. The first kappa shape index (κ1) is 24.0. The van der Waals surface area contributed by atoms with Crippen molar-refractivity contribution in [3.05, 3.63) is 81.3 Å². The second-order valence-electron chi connectivity index (χ2n) is 7.63. The molecular formula is C22H28IN3O4S. The number of aliphatic hydroxyl groups excluding tert-OH is 1. The van der Waals surface area contributed by atoms with Gasteiger partial charge in [-0.3, -0.25) is 0 Å². The maximum absolute atomic E-state index is 11.8. The third-order valence-electron chi connectivity index (χ3n) is 4.90. The lowest BCUT2D eigenvalue weighted by atomic mass is 9.99. The number of aliphatic hydroxyl groups is 1. The van der Waals surface area contributed by atoms with Crippen molar-refractivity contribution in [1.82, 2.24) is 14.9 Å². The predicted molar refractivity (Wildman–Crippen MR) is 129 cm³/mol. The largest absolute Gasteiger partial charge is 0.459 e. The smallest absolute Gasteiger partial charge is 0.242 e. The van der Waals surface area contributed by atoms with E-state index < -0.39 is 28.5 Å². The summed E-state index contributed by atoms with van der Waals surface area (Å²) < 4.78 is 33.0. The Bertz CT molecular complexity index is 1000. The van der Waals surface area contributed by atoms with E-state index in [2.05, 4.69) is 38.7 Å². The predicted octanol–water partition coefficient (Wildman–Crippen LogP) is 2.38. The van der Waals surface area contributed by atoms with Crippen molar-refractivity contribution in [2.75, 3.05) is 12.8 Å². The van der Waals surface area contributed by atoms with Crippen molar-refractivity contribution >= 4 is 32.6 Å². The van der Waals surface area contributed by atoms with Gasteiger partial charge in [-0.05, 0) is 59.2 Å². The molecule has 168 valence electrons. The van der Waals surface area contributed by atoms with Gasteiger partial charge in [-0.1, -0.05) is 42.5 Å². The summed E-state index contributed by atoms with van der Waals surface area (Å²) in [6.07, 6.45) is 1.71. The number of hydrogen-bond acceptors (Lipinski definition) is 6. The fourth-order valence-corrected chi connectivity index (χ4v) is 4.67. The molecule has 3 rings (SSSR count). The molecule has 1 aliphatic rings. The number of hydrogen-bond donors (Lipinski definition) is 3. The van der Waals surface area contributed by atoms with Crippen molar-refractivity contribution in [2.45, 2.75) is 38.4 Å². The van der Waals surface area contributed by atoms with Crippen LogP contribution >= 0.6 is 22.6 Å². The van der Waals surface area contributed by atoms with Gasteiger partial charge in [-0.15, -0.1) is 0 Å². The van der Waals surface area contributed by atoms with Crippen molar-refractivity contribution in [2.24, 2.45) is 0 Å². The molecule has 0 fully saturated rings. The number of benzene rings is 2. The molecule has 0 saturated carbocycles. The van der Waals surface area contributed by atoms with Crippen molar-refractivity contribution in [1.29, 1.82) is 0 Å². The lowest BCUT2D eigenvalue weighted by molar-refractivity contribution is -0.0248. The summed E-state index contributed by atoms with van der Waals surface area (Å²) in [4.78, 5) is 1.75. The van der Waals surface area contributed by atoms with Gasteiger partial charge in [0, 0.05) is 22.9 Å². The number of halogens is 1. The van der Waals surface area contributed by atoms with Gasteiger partial charge in [0.2, 0.25) is 16.4 Å². The van der Waals surface area contributed by atoms with Crippen LogP contribution in [-0.2, 0) is 27.7 Å². The molecule has 1 unspecified atom stereocenters. The van der Waals surface area contributed by atoms with Crippen LogP contribution in [0.2, 0.25) is 0 Å². The lowest BCUT2D eigenvalue weighted by Gasteiger charge is -2.35. The lowest BCUT2D eigenvalue weighted by Crippen LogP contribution is -2.54. The Morgan fingerprint density at radius 3 is 2.55 bits per heavy atom. The molecule has 1 heterocycles. The van der Waals surface area contributed by atoms with Gasteiger partial charge < -0.3 is 20.1 Å². The first-order valence-corrected chi connectivity index (χ1v) is 13.0. The molecule has 0 spiro atoms. The van der Waals surface area contributed by atoms with Gasteiger partial charge in [0.15, 0.2) is 0 Å². The molecule has 7 nitrogen and oxygen atoms in total. The summed E-state index contributed by atoms with van der Waals surface area (Å²) in [5, 5.41) is 14.4. The number of allylic oxidation sites excluding steroid dienone is 1. The van der Waals surface area contributed by atoms with Crippen LogP contribution in [0, 0.1) is 3.57 Å². The van der Waals surface area contributed by atoms with Crippen LogP contribution in [0.5, 0.6) is 0 Å². The fraction of sp³-hybridized carbons (Fsp3) is 0.364. The molecule has 0 amide bonds. The van der Waals surface area contributed by atoms with E-state index in [1.165, 1.54) is 0 Å². The Hall–Kier alpha value is -1.66. The SMILES string of the molecule is CC1=CN([C@@H](Cc2ccccc2)[C@H](O)CNCc2cccc(I)c2)C(NS(C)(=O)=O)O1. The van der Waals surface area contributed by atoms with E-state index in [1.807, 2.05) is 48.5 Å². The summed E-state index contributed by atoms with van der Waals surface area (Å²) >= 11 is 2.27. The topological polar surface area (TPSA) is 90.9 Å². The Morgan fingerprint density at radius 1 is 1.16 bits per heavy atom. The van der Waals surface area contributed by atoms with Crippen LogP contribution in [0.1, 0.15) is 18.1 Å². The highest BCUT2D eigenvalue weighted by Gasteiger charge is 2.35. The maximum atomic E-state index is 11.8. The van der Waals surface area contributed by atoms with E-state index >= 15 is 0 Å². The molecule has 0 aromatic heterocycles. The van der Waals surface area contributed by atoms with E-state index in [0.717, 1.165) is 21.0 Å². The second kappa shape index (κ2) is 10.8. The average molecular weight is 557 g/mol. The minimum atomic E-state index is -3.50. The van der Waals surface area contributed by atoms with E-state index in [9.17, 15) is 13.5 Å². The third-order valence-corrected chi connectivity index (χ3v) is 6.20. The molecule has 3 atom stereocenters. The molecule has 0 radical (unpaired) electrons. The quantitative estimate of drug-likeness (QED) is 0.389. The normalized spacial score (nSPS) is 18.4. The van der Waals surface area contributed by atoms with Crippen molar-refractivity contribution < 1.29 is 18.3 Å². The third kappa shape index (κ3) is 7.46. The summed E-state index contributed by atoms with van der Waals surface area (Å²) in [7, 11) is -3.50. The number of nitrogens with zero attached hydrogens (tertiary/aromatic N) is 1. The highest BCUT2D eigenvalue weighted by Crippen LogP contribution is 2.24. The summed E-state index contributed by atoms with van der Waals surface area (Å²) in [6.45, 7) is 2.73. The molecule has 0 aliphatic carbocycles. The molecule has 9 heteroatoms. The van der Waals surface area contributed by atoms with Crippen LogP contribution in [-0.4, -0.2) is 49.7 Å². The van der Waals surface area contributed by atoms with Crippen molar-refractivity contribution in [3.8, 4) is 0 Å². The number of nitrogens with one attached hydrogen (secondary N) is 2. The highest BCUT2D eigenvalue weighted by atomic mass is 127. The van der Waals surface area contributed by atoms with Gasteiger partial charge in [0.25, 0.3) is 0 Å². The fourth-order valence-electron chi connectivity index (χ4n) is 3.53.